The van der Waals surface area contributed by atoms with Gasteiger partial charge in [0.15, 0.2) is 5.69 Å². The molecule has 2 aromatic carbocycles. The molecule has 30 heavy (non-hydrogen) atoms. The van der Waals surface area contributed by atoms with Crippen LogP contribution in [-0.4, -0.2) is 33.4 Å². The summed E-state index contributed by atoms with van der Waals surface area (Å²) in [5, 5.41) is 14.0. The van der Waals surface area contributed by atoms with Crippen molar-refractivity contribution in [2.45, 2.75) is 27.3 Å². The fourth-order valence-electron chi connectivity index (χ4n) is 2.77. The van der Waals surface area contributed by atoms with E-state index in [1.807, 2.05) is 19.9 Å². The Kier molecular flexibility index (Phi) is 6.68. The minimum absolute atomic E-state index is 0.0822. The maximum Gasteiger partial charge on any atom is 0.278 e. The number of aryl methyl sites for hydroxylation is 1. The first-order valence-electron chi connectivity index (χ1n) is 9.37. The van der Waals surface area contributed by atoms with Crippen molar-refractivity contribution in [1.29, 1.82) is 0 Å². The number of carbonyl (C=O) groups is 2. The number of ether oxygens (including phenoxy) is 1. The number of anilines is 2. The van der Waals surface area contributed by atoms with E-state index in [-0.39, 0.29) is 18.1 Å². The van der Waals surface area contributed by atoms with Crippen molar-refractivity contribution < 1.29 is 14.3 Å². The molecule has 0 radical (unpaired) electrons. The minimum atomic E-state index is -0.408. The number of halogens is 1. The number of carbonyl (C=O) groups excluding carboxylic acids is 2. The van der Waals surface area contributed by atoms with Crippen LogP contribution < -0.4 is 15.4 Å². The van der Waals surface area contributed by atoms with E-state index in [0.717, 1.165) is 11.3 Å². The lowest BCUT2D eigenvalue weighted by molar-refractivity contribution is -0.117. The molecular weight excluding hydrogens is 406 g/mol. The maximum atomic E-state index is 12.5. The van der Waals surface area contributed by atoms with Crippen LogP contribution in [0.15, 0.2) is 42.5 Å². The number of nitrogens with one attached hydrogen (secondary N) is 2. The summed E-state index contributed by atoms with van der Waals surface area (Å²) in [4.78, 5) is 24.9. The standard InChI is InChI=1S/C21H22ClN5O3/c1-4-30-17-9-7-16(8-10-17)23-21(29)20-14(3)27(26-25-20)12-19(28)24-18-11-15(22)6-5-13(18)2/h5-11H,4,12H2,1-3H3,(H,23,29)(H,24,28). The summed E-state index contributed by atoms with van der Waals surface area (Å²) in [5.41, 5.74) is 2.75. The van der Waals surface area contributed by atoms with Gasteiger partial charge in [-0.05, 0) is 62.7 Å². The quantitative estimate of drug-likeness (QED) is 0.597. The Balaban J connectivity index is 1.65. The van der Waals surface area contributed by atoms with Gasteiger partial charge >= 0.3 is 0 Å². The molecule has 0 saturated heterocycles. The molecule has 0 atom stereocenters. The smallest absolute Gasteiger partial charge is 0.278 e. The van der Waals surface area contributed by atoms with Crippen molar-refractivity contribution in [2.75, 3.05) is 17.2 Å². The Morgan fingerprint density at radius 2 is 1.83 bits per heavy atom. The van der Waals surface area contributed by atoms with Gasteiger partial charge in [0.25, 0.3) is 5.91 Å². The second kappa shape index (κ2) is 9.41. The lowest BCUT2D eigenvalue weighted by atomic mass is 10.2. The summed E-state index contributed by atoms with van der Waals surface area (Å²) in [6.07, 6.45) is 0. The molecule has 3 aromatic rings. The van der Waals surface area contributed by atoms with E-state index < -0.39 is 5.91 Å². The minimum Gasteiger partial charge on any atom is -0.494 e. The molecule has 2 amide bonds. The van der Waals surface area contributed by atoms with Crippen molar-refractivity contribution in [3.8, 4) is 5.75 Å². The first-order valence-corrected chi connectivity index (χ1v) is 9.75. The molecule has 0 aliphatic carbocycles. The molecule has 0 fully saturated rings. The fourth-order valence-corrected chi connectivity index (χ4v) is 2.94. The number of aromatic nitrogens is 3. The Morgan fingerprint density at radius 3 is 2.53 bits per heavy atom. The highest BCUT2D eigenvalue weighted by Gasteiger charge is 2.18. The summed E-state index contributed by atoms with van der Waals surface area (Å²) in [6.45, 7) is 5.94. The zero-order valence-electron chi connectivity index (χ0n) is 16.9. The Hall–Kier alpha value is -3.39. The van der Waals surface area contributed by atoms with E-state index in [4.69, 9.17) is 16.3 Å². The van der Waals surface area contributed by atoms with Crippen molar-refractivity contribution in [3.05, 3.63) is 64.4 Å². The van der Waals surface area contributed by atoms with Crippen LogP contribution in [0.25, 0.3) is 0 Å². The second-order valence-corrected chi connectivity index (χ2v) is 7.04. The average molecular weight is 428 g/mol. The molecule has 0 bridgehead atoms. The predicted molar refractivity (Wildman–Crippen MR) is 115 cm³/mol. The van der Waals surface area contributed by atoms with E-state index >= 15 is 0 Å². The molecule has 156 valence electrons. The second-order valence-electron chi connectivity index (χ2n) is 6.60. The largest absolute Gasteiger partial charge is 0.494 e. The topological polar surface area (TPSA) is 98.1 Å². The number of benzene rings is 2. The molecule has 9 heteroatoms. The van der Waals surface area contributed by atoms with E-state index in [9.17, 15) is 9.59 Å². The Morgan fingerprint density at radius 1 is 1.10 bits per heavy atom. The molecule has 0 saturated carbocycles. The fraction of sp³-hybridized carbons (Fsp3) is 0.238. The van der Waals surface area contributed by atoms with Crippen molar-refractivity contribution in [3.63, 3.8) is 0 Å². The van der Waals surface area contributed by atoms with Crippen molar-refractivity contribution >= 4 is 34.8 Å². The highest BCUT2D eigenvalue weighted by atomic mass is 35.5. The van der Waals surface area contributed by atoms with Gasteiger partial charge in [-0.1, -0.05) is 22.9 Å². The SMILES string of the molecule is CCOc1ccc(NC(=O)c2nnn(CC(=O)Nc3cc(Cl)ccc3C)c2C)cc1. The van der Waals surface area contributed by atoms with Gasteiger partial charge in [0.1, 0.15) is 12.3 Å². The molecule has 1 heterocycles. The number of hydrogen-bond acceptors (Lipinski definition) is 5. The van der Waals surface area contributed by atoms with Crippen molar-refractivity contribution in [2.24, 2.45) is 0 Å². The third-order valence-electron chi connectivity index (χ3n) is 4.39. The highest BCUT2D eigenvalue weighted by Crippen LogP contribution is 2.20. The van der Waals surface area contributed by atoms with Gasteiger partial charge in [-0.15, -0.1) is 5.10 Å². The average Bonchev–Trinajstić information content (AvgIpc) is 3.07. The van der Waals surface area contributed by atoms with Crippen molar-refractivity contribution in [1.82, 2.24) is 15.0 Å². The van der Waals surface area contributed by atoms with Crippen LogP contribution in [0.5, 0.6) is 5.75 Å². The summed E-state index contributed by atoms with van der Waals surface area (Å²) >= 11 is 5.98. The Bertz CT molecular complexity index is 1060. The van der Waals surface area contributed by atoms with Crippen LogP contribution in [0.2, 0.25) is 5.02 Å². The molecule has 0 unspecified atom stereocenters. The lowest BCUT2D eigenvalue weighted by Crippen LogP contribution is -2.21. The van der Waals surface area contributed by atoms with Crippen LogP contribution in [0.1, 0.15) is 28.7 Å². The first-order chi connectivity index (χ1) is 14.4. The molecule has 2 N–H and O–H groups in total. The van der Waals surface area contributed by atoms with Gasteiger partial charge in [0.2, 0.25) is 5.91 Å². The van der Waals surface area contributed by atoms with Crippen LogP contribution in [0, 0.1) is 13.8 Å². The number of nitrogens with zero attached hydrogens (tertiary/aromatic N) is 3. The zero-order valence-corrected chi connectivity index (χ0v) is 17.7. The third-order valence-corrected chi connectivity index (χ3v) is 4.62. The summed E-state index contributed by atoms with van der Waals surface area (Å²) in [6, 6.07) is 12.3. The number of hydrogen-bond donors (Lipinski definition) is 2. The molecule has 3 rings (SSSR count). The third kappa shape index (κ3) is 5.15. The van der Waals surface area contributed by atoms with Gasteiger partial charge in [-0.25, -0.2) is 4.68 Å². The first kappa shape index (κ1) is 21.3. The van der Waals surface area contributed by atoms with Gasteiger partial charge in [0.05, 0.1) is 12.3 Å². The van der Waals surface area contributed by atoms with Crippen LogP contribution in [0.4, 0.5) is 11.4 Å². The number of rotatable bonds is 7. The lowest BCUT2D eigenvalue weighted by Gasteiger charge is -2.09. The highest BCUT2D eigenvalue weighted by molar-refractivity contribution is 6.31. The molecule has 0 aliphatic heterocycles. The Labute approximate surface area is 179 Å². The van der Waals surface area contributed by atoms with Crippen LogP contribution in [0.3, 0.4) is 0 Å². The normalized spacial score (nSPS) is 10.5. The van der Waals surface area contributed by atoms with E-state index in [1.165, 1.54) is 4.68 Å². The molecule has 0 spiro atoms. The van der Waals surface area contributed by atoms with Crippen LogP contribution in [-0.2, 0) is 11.3 Å². The molecule has 1 aromatic heterocycles. The molecular formula is C21H22ClN5O3. The predicted octanol–water partition coefficient (Wildman–Crippen LogP) is 3.84. The van der Waals surface area contributed by atoms with E-state index in [2.05, 4.69) is 20.9 Å². The summed E-state index contributed by atoms with van der Waals surface area (Å²) in [7, 11) is 0. The molecule has 0 aliphatic rings. The maximum absolute atomic E-state index is 12.5. The van der Waals surface area contributed by atoms with E-state index in [1.54, 1.807) is 43.3 Å². The summed E-state index contributed by atoms with van der Waals surface area (Å²) in [5.74, 6) is 0.0134. The van der Waals surface area contributed by atoms with Crippen LogP contribution >= 0.6 is 11.6 Å². The summed E-state index contributed by atoms with van der Waals surface area (Å²) < 4.78 is 6.76. The van der Waals surface area contributed by atoms with Gasteiger partial charge in [-0.3, -0.25) is 9.59 Å². The zero-order chi connectivity index (χ0) is 21.7. The number of amides is 2. The van der Waals surface area contributed by atoms with E-state index in [0.29, 0.717) is 28.7 Å². The van der Waals surface area contributed by atoms with Gasteiger partial charge < -0.3 is 15.4 Å². The molecule has 8 nitrogen and oxygen atoms in total. The van der Waals surface area contributed by atoms with Gasteiger partial charge in [-0.2, -0.15) is 0 Å². The van der Waals surface area contributed by atoms with Gasteiger partial charge in [0, 0.05) is 16.4 Å². The monoisotopic (exact) mass is 427 g/mol.